The van der Waals surface area contributed by atoms with Crippen LogP contribution in [-0.2, 0) is 4.79 Å². The molecule has 6 heteroatoms. The predicted molar refractivity (Wildman–Crippen MR) is 66.5 cm³/mol. The molecular formula is C11H15N5O. The van der Waals surface area contributed by atoms with E-state index in [0.29, 0.717) is 25.1 Å². The average molecular weight is 233 g/mol. The van der Waals surface area contributed by atoms with Crippen molar-refractivity contribution >= 4 is 18.6 Å². The summed E-state index contributed by atoms with van der Waals surface area (Å²) in [5, 5.41) is 6.05. The highest BCUT2D eigenvalue weighted by atomic mass is 16.1. The molecule has 0 saturated heterocycles. The summed E-state index contributed by atoms with van der Waals surface area (Å²) in [4.78, 5) is 19.4. The van der Waals surface area contributed by atoms with Crippen LogP contribution in [0.2, 0.25) is 0 Å². The van der Waals surface area contributed by atoms with Crippen LogP contribution in [0, 0.1) is 0 Å². The minimum atomic E-state index is -0.421. The van der Waals surface area contributed by atoms with Gasteiger partial charge < -0.3 is 16.4 Å². The molecule has 0 radical (unpaired) electrons. The van der Waals surface area contributed by atoms with Crippen molar-refractivity contribution in [1.82, 2.24) is 10.6 Å². The Labute approximate surface area is 99.4 Å². The number of carbonyl (C=O) groups excluding carboxylic acids is 1. The van der Waals surface area contributed by atoms with Crippen LogP contribution in [-0.4, -0.2) is 31.7 Å². The summed E-state index contributed by atoms with van der Waals surface area (Å²) in [6, 6.07) is 0. The van der Waals surface area contributed by atoms with Crippen molar-refractivity contribution in [3.05, 3.63) is 22.5 Å². The van der Waals surface area contributed by atoms with Gasteiger partial charge in [0.05, 0.1) is 31.3 Å². The van der Waals surface area contributed by atoms with Crippen molar-refractivity contribution in [3.63, 3.8) is 0 Å². The maximum Gasteiger partial charge on any atom is 0.248 e. The van der Waals surface area contributed by atoms with Crippen molar-refractivity contribution in [2.45, 2.75) is 13.3 Å². The molecule has 0 aromatic heterocycles. The van der Waals surface area contributed by atoms with E-state index in [4.69, 9.17) is 5.73 Å². The number of amides is 1. The number of nitrogens with zero attached hydrogens (tertiary/aromatic N) is 2. The maximum atomic E-state index is 11.3. The van der Waals surface area contributed by atoms with E-state index in [-0.39, 0.29) is 0 Å². The summed E-state index contributed by atoms with van der Waals surface area (Å²) in [5.41, 5.74) is 8.90. The third-order valence-corrected chi connectivity index (χ3v) is 2.82. The number of hydrogen-bond donors (Lipinski definition) is 3. The summed E-state index contributed by atoms with van der Waals surface area (Å²) in [5.74, 6) is -0.421. The minimum Gasteiger partial charge on any atom is -0.366 e. The average Bonchev–Trinajstić information content (AvgIpc) is 2.32. The summed E-state index contributed by atoms with van der Waals surface area (Å²) in [7, 11) is 0. The van der Waals surface area contributed by atoms with E-state index in [1.54, 1.807) is 12.7 Å². The summed E-state index contributed by atoms with van der Waals surface area (Å²) < 4.78 is 0. The Morgan fingerprint density at radius 1 is 1.35 bits per heavy atom. The molecule has 2 heterocycles. The maximum absolute atomic E-state index is 11.3. The number of nitrogens with one attached hydrogen (secondary N) is 2. The molecule has 0 aliphatic carbocycles. The highest BCUT2D eigenvalue weighted by molar-refractivity contribution is 5.94. The van der Waals surface area contributed by atoms with E-state index >= 15 is 0 Å². The molecule has 0 atom stereocenters. The third kappa shape index (κ3) is 2.52. The zero-order valence-electron chi connectivity index (χ0n) is 9.66. The molecule has 0 aromatic carbocycles. The van der Waals surface area contributed by atoms with Gasteiger partial charge in [0.1, 0.15) is 0 Å². The second kappa shape index (κ2) is 4.82. The van der Waals surface area contributed by atoms with Gasteiger partial charge in [-0.1, -0.05) is 0 Å². The first-order chi connectivity index (χ1) is 8.18. The number of aliphatic imine (C=N–C) groups is 2. The van der Waals surface area contributed by atoms with E-state index in [2.05, 4.69) is 20.6 Å². The van der Waals surface area contributed by atoms with E-state index in [9.17, 15) is 4.79 Å². The summed E-state index contributed by atoms with van der Waals surface area (Å²) in [6.07, 6.45) is 3.91. The molecule has 6 nitrogen and oxygen atoms in total. The Hall–Kier alpha value is -2.11. The van der Waals surface area contributed by atoms with Crippen LogP contribution < -0.4 is 16.4 Å². The van der Waals surface area contributed by atoms with Gasteiger partial charge in [0.2, 0.25) is 5.91 Å². The summed E-state index contributed by atoms with van der Waals surface area (Å²) >= 11 is 0. The quantitative estimate of drug-likeness (QED) is 0.622. The van der Waals surface area contributed by atoms with Crippen LogP contribution in [0.4, 0.5) is 0 Å². The lowest BCUT2D eigenvalue weighted by Crippen LogP contribution is -2.28. The predicted octanol–water partition coefficient (Wildman–Crippen LogP) is -0.347. The topological polar surface area (TPSA) is 91.9 Å². The van der Waals surface area contributed by atoms with Crippen LogP contribution in [0.5, 0.6) is 0 Å². The fourth-order valence-corrected chi connectivity index (χ4v) is 1.75. The number of allylic oxidation sites excluding steroid dienone is 2. The third-order valence-electron chi connectivity index (χ3n) is 2.82. The van der Waals surface area contributed by atoms with Gasteiger partial charge in [0, 0.05) is 17.8 Å². The molecule has 1 amide bonds. The SMILES string of the molecule is CC1=C(CC2=C(C(N)=O)CN=CN2)CN=CN1. The molecular weight excluding hydrogens is 218 g/mol. The van der Waals surface area contributed by atoms with E-state index in [1.807, 2.05) is 6.92 Å². The molecule has 90 valence electrons. The Morgan fingerprint density at radius 3 is 2.76 bits per heavy atom. The van der Waals surface area contributed by atoms with Gasteiger partial charge >= 0.3 is 0 Å². The molecule has 2 rings (SSSR count). The fourth-order valence-electron chi connectivity index (χ4n) is 1.75. The van der Waals surface area contributed by atoms with Crippen molar-refractivity contribution in [2.75, 3.05) is 13.1 Å². The van der Waals surface area contributed by atoms with Gasteiger partial charge in [-0.25, -0.2) is 0 Å². The Balaban J connectivity index is 2.19. The van der Waals surface area contributed by atoms with Crippen molar-refractivity contribution in [2.24, 2.45) is 15.7 Å². The molecule has 0 fully saturated rings. The second-order valence-corrected chi connectivity index (χ2v) is 3.95. The highest BCUT2D eigenvalue weighted by Crippen LogP contribution is 2.18. The van der Waals surface area contributed by atoms with E-state index in [0.717, 1.165) is 17.0 Å². The Morgan fingerprint density at radius 2 is 2.06 bits per heavy atom. The van der Waals surface area contributed by atoms with Gasteiger partial charge in [-0.05, 0) is 12.5 Å². The standard InChI is InChI=1S/C11H15N5O/c1-7-8(3-13-5-15-7)2-10-9(11(12)17)4-14-6-16-10/h5-6H,2-4H2,1H3,(H2,12,17)(H,13,15)(H,14,16). The number of carbonyl (C=O) groups is 1. The zero-order valence-corrected chi connectivity index (χ0v) is 9.66. The number of hydrogen-bond acceptors (Lipinski definition) is 5. The van der Waals surface area contributed by atoms with Gasteiger partial charge in [-0.2, -0.15) is 0 Å². The molecule has 2 aliphatic rings. The Bertz CT molecular complexity index is 458. The monoisotopic (exact) mass is 233 g/mol. The lowest BCUT2D eigenvalue weighted by atomic mass is 10.0. The molecule has 0 bridgehead atoms. The fraction of sp³-hybridized carbons (Fsp3) is 0.364. The van der Waals surface area contributed by atoms with Gasteiger partial charge in [0.15, 0.2) is 0 Å². The molecule has 0 aromatic rings. The number of nitrogens with two attached hydrogens (primary N) is 1. The van der Waals surface area contributed by atoms with Gasteiger partial charge in [0.25, 0.3) is 0 Å². The first-order valence-electron chi connectivity index (χ1n) is 5.38. The van der Waals surface area contributed by atoms with Crippen LogP contribution >= 0.6 is 0 Å². The van der Waals surface area contributed by atoms with E-state index in [1.165, 1.54) is 0 Å². The molecule has 4 N–H and O–H groups in total. The molecule has 0 saturated carbocycles. The van der Waals surface area contributed by atoms with Crippen LogP contribution in [0.1, 0.15) is 13.3 Å². The number of rotatable bonds is 3. The Kier molecular flexibility index (Phi) is 3.22. The zero-order chi connectivity index (χ0) is 12.3. The van der Waals surface area contributed by atoms with Crippen LogP contribution in [0.15, 0.2) is 32.5 Å². The summed E-state index contributed by atoms with van der Waals surface area (Å²) in [6.45, 7) is 2.98. The molecule has 0 unspecified atom stereocenters. The first-order valence-corrected chi connectivity index (χ1v) is 5.38. The van der Waals surface area contributed by atoms with Crippen molar-refractivity contribution < 1.29 is 4.79 Å². The minimum absolute atomic E-state index is 0.348. The van der Waals surface area contributed by atoms with Crippen molar-refractivity contribution in [1.29, 1.82) is 0 Å². The molecule has 0 spiro atoms. The lowest BCUT2D eigenvalue weighted by molar-refractivity contribution is -0.114. The second-order valence-electron chi connectivity index (χ2n) is 3.95. The van der Waals surface area contributed by atoms with Gasteiger partial charge in [-0.15, -0.1) is 0 Å². The highest BCUT2D eigenvalue weighted by Gasteiger charge is 2.17. The largest absolute Gasteiger partial charge is 0.366 e. The molecule has 17 heavy (non-hydrogen) atoms. The number of primary amides is 1. The van der Waals surface area contributed by atoms with Crippen molar-refractivity contribution in [3.8, 4) is 0 Å². The smallest absolute Gasteiger partial charge is 0.248 e. The van der Waals surface area contributed by atoms with Gasteiger partial charge in [-0.3, -0.25) is 14.8 Å². The lowest BCUT2D eigenvalue weighted by Gasteiger charge is -2.19. The first kappa shape index (κ1) is 11.4. The normalized spacial score (nSPS) is 19.1. The van der Waals surface area contributed by atoms with E-state index < -0.39 is 5.91 Å². The molecule has 2 aliphatic heterocycles. The van der Waals surface area contributed by atoms with Crippen LogP contribution in [0.3, 0.4) is 0 Å². The van der Waals surface area contributed by atoms with Crippen LogP contribution in [0.25, 0.3) is 0 Å².